The maximum Gasteiger partial charge on any atom is 0.321 e. The van der Waals surface area contributed by atoms with Crippen molar-refractivity contribution in [3.8, 4) is 5.75 Å². The van der Waals surface area contributed by atoms with E-state index in [1.165, 1.54) is 7.05 Å². The van der Waals surface area contributed by atoms with Crippen LogP contribution in [0.15, 0.2) is 18.2 Å². The Morgan fingerprint density at radius 3 is 2.62 bits per heavy atom. The van der Waals surface area contributed by atoms with Crippen LogP contribution in [0.3, 0.4) is 0 Å². The summed E-state index contributed by atoms with van der Waals surface area (Å²) < 4.78 is 11.2. The van der Waals surface area contributed by atoms with Crippen molar-refractivity contribution >= 4 is 11.9 Å². The minimum atomic E-state index is -0.509. The van der Waals surface area contributed by atoms with E-state index in [1.807, 2.05) is 12.1 Å². The molecule has 2 rings (SSSR count). The van der Waals surface area contributed by atoms with Crippen LogP contribution in [-0.2, 0) is 14.9 Å². The van der Waals surface area contributed by atoms with Gasteiger partial charge in [-0.3, -0.25) is 10.1 Å². The van der Waals surface area contributed by atoms with E-state index in [1.54, 1.807) is 14.0 Å². The van der Waals surface area contributed by atoms with Crippen LogP contribution < -0.4 is 20.7 Å². The second-order valence-corrected chi connectivity index (χ2v) is 6.77. The highest BCUT2D eigenvalue weighted by Gasteiger charge is 2.37. The fraction of sp³-hybridized carbons (Fsp3) is 0.579. The Kier molecular flexibility index (Phi) is 6.99. The van der Waals surface area contributed by atoms with Gasteiger partial charge in [0.2, 0.25) is 5.91 Å². The second kappa shape index (κ2) is 9.00. The highest BCUT2D eigenvalue weighted by Crippen LogP contribution is 2.40. The number of carbonyl (C=O) groups excluding carboxylic acids is 2. The molecular formula is C19H29N3O4. The van der Waals surface area contributed by atoms with Gasteiger partial charge in [0.05, 0.1) is 13.2 Å². The zero-order valence-electron chi connectivity index (χ0n) is 16.0. The number of hydrogen-bond acceptors (Lipinski definition) is 5. The molecule has 0 aromatic heterocycles. The fourth-order valence-corrected chi connectivity index (χ4v) is 3.26. The minimum absolute atomic E-state index is 0.183. The van der Waals surface area contributed by atoms with Crippen LogP contribution in [0, 0.1) is 6.92 Å². The monoisotopic (exact) mass is 363 g/mol. The Bertz CT molecular complexity index is 642. The SMILES string of the molecule is CNC(=O)NC(=O)[C@H](C)NCC1(c2cc(C)ccc2OC)CCOCC1. The molecule has 7 heteroatoms. The number of imide groups is 1. The largest absolute Gasteiger partial charge is 0.496 e. The van der Waals surface area contributed by atoms with Gasteiger partial charge in [0.15, 0.2) is 0 Å². The van der Waals surface area contributed by atoms with Gasteiger partial charge in [-0.05, 0) is 32.8 Å². The number of benzene rings is 1. The molecule has 144 valence electrons. The van der Waals surface area contributed by atoms with Crippen LogP contribution in [0.1, 0.15) is 30.9 Å². The van der Waals surface area contributed by atoms with Gasteiger partial charge in [-0.1, -0.05) is 17.7 Å². The zero-order valence-corrected chi connectivity index (χ0v) is 16.0. The summed E-state index contributed by atoms with van der Waals surface area (Å²) in [6.45, 7) is 5.73. The molecule has 1 saturated heterocycles. The normalized spacial score (nSPS) is 17.2. The van der Waals surface area contributed by atoms with Crippen LogP contribution in [0.2, 0.25) is 0 Å². The third-order valence-corrected chi connectivity index (χ3v) is 4.98. The first-order valence-electron chi connectivity index (χ1n) is 8.90. The summed E-state index contributed by atoms with van der Waals surface area (Å²) in [4.78, 5) is 23.5. The van der Waals surface area contributed by atoms with Crippen LogP contribution in [0.5, 0.6) is 5.75 Å². The summed E-state index contributed by atoms with van der Waals surface area (Å²) in [5, 5.41) is 7.97. The van der Waals surface area contributed by atoms with E-state index in [-0.39, 0.29) is 11.3 Å². The summed E-state index contributed by atoms with van der Waals surface area (Å²) in [6.07, 6.45) is 1.67. The molecule has 1 aromatic rings. The lowest BCUT2D eigenvalue weighted by Gasteiger charge is -2.39. The van der Waals surface area contributed by atoms with E-state index >= 15 is 0 Å². The number of amides is 3. The van der Waals surface area contributed by atoms with Gasteiger partial charge in [0, 0.05) is 37.8 Å². The van der Waals surface area contributed by atoms with Gasteiger partial charge in [-0.25, -0.2) is 4.79 Å². The fourth-order valence-electron chi connectivity index (χ4n) is 3.26. The van der Waals surface area contributed by atoms with Gasteiger partial charge in [-0.2, -0.15) is 0 Å². The summed E-state index contributed by atoms with van der Waals surface area (Å²) >= 11 is 0. The third-order valence-electron chi connectivity index (χ3n) is 4.98. The number of methoxy groups -OCH3 is 1. The molecule has 0 bridgehead atoms. The van der Waals surface area contributed by atoms with E-state index in [2.05, 4.69) is 28.9 Å². The van der Waals surface area contributed by atoms with Crippen LogP contribution in [0.25, 0.3) is 0 Å². The molecular weight excluding hydrogens is 334 g/mol. The highest BCUT2D eigenvalue weighted by molar-refractivity contribution is 5.96. The molecule has 7 nitrogen and oxygen atoms in total. The third kappa shape index (κ3) is 4.74. The van der Waals surface area contributed by atoms with E-state index in [9.17, 15) is 9.59 Å². The topological polar surface area (TPSA) is 88.7 Å². The van der Waals surface area contributed by atoms with Gasteiger partial charge in [0.1, 0.15) is 5.75 Å². The Morgan fingerprint density at radius 1 is 1.31 bits per heavy atom. The maximum absolute atomic E-state index is 12.1. The van der Waals surface area contributed by atoms with Crippen LogP contribution >= 0.6 is 0 Å². The molecule has 0 saturated carbocycles. The molecule has 0 aliphatic carbocycles. The first-order valence-corrected chi connectivity index (χ1v) is 8.90. The van der Waals surface area contributed by atoms with Gasteiger partial charge in [-0.15, -0.1) is 0 Å². The van der Waals surface area contributed by atoms with E-state index < -0.39 is 12.1 Å². The second-order valence-electron chi connectivity index (χ2n) is 6.77. The molecule has 1 aliphatic heterocycles. The lowest BCUT2D eigenvalue weighted by molar-refractivity contribution is -0.121. The van der Waals surface area contributed by atoms with Crippen molar-refractivity contribution in [1.82, 2.24) is 16.0 Å². The standard InChI is InChI=1S/C19H29N3O4/c1-13-5-6-16(25-4)15(11-13)19(7-9-26-10-8-19)12-21-14(2)17(23)22-18(24)20-3/h5-6,11,14,21H,7-10,12H2,1-4H3,(H2,20,22,23,24)/t14-/m0/s1. The van der Waals surface area contributed by atoms with Gasteiger partial charge in [0.25, 0.3) is 0 Å². The molecule has 0 unspecified atom stereocenters. The molecule has 3 N–H and O–H groups in total. The van der Waals surface area contributed by atoms with Crippen molar-refractivity contribution in [1.29, 1.82) is 0 Å². The average molecular weight is 363 g/mol. The number of ether oxygens (including phenoxy) is 2. The summed E-state index contributed by atoms with van der Waals surface area (Å²) in [7, 11) is 3.15. The summed E-state index contributed by atoms with van der Waals surface area (Å²) in [6, 6.07) is 5.17. The lowest BCUT2D eigenvalue weighted by Crippen LogP contribution is -2.51. The summed E-state index contributed by atoms with van der Waals surface area (Å²) in [5.41, 5.74) is 2.11. The molecule has 1 aliphatic rings. The van der Waals surface area contributed by atoms with Gasteiger partial charge >= 0.3 is 6.03 Å². The van der Waals surface area contributed by atoms with Gasteiger partial charge < -0.3 is 20.1 Å². The van der Waals surface area contributed by atoms with E-state index in [0.717, 1.165) is 29.7 Å². The predicted molar refractivity (Wildman–Crippen MR) is 99.5 cm³/mol. The Labute approximate surface area is 154 Å². The number of hydrogen-bond donors (Lipinski definition) is 3. The number of carbonyl (C=O) groups is 2. The van der Waals surface area contributed by atoms with Crippen molar-refractivity contribution in [3.63, 3.8) is 0 Å². The first kappa shape index (κ1) is 20.2. The molecule has 1 fully saturated rings. The quantitative estimate of drug-likeness (QED) is 0.713. The molecule has 3 amide bonds. The zero-order chi connectivity index (χ0) is 19.2. The lowest BCUT2D eigenvalue weighted by atomic mass is 9.73. The van der Waals surface area contributed by atoms with Crippen molar-refractivity contribution in [2.75, 3.05) is 33.9 Å². The number of nitrogens with one attached hydrogen (secondary N) is 3. The van der Waals surface area contributed by atoms with E-state index in [4.69, 9.17) is 9.47 Å². The van der Waals surface area contributed by atoms with Crippen molar-refractivity contribution in [2.24, 2.45) is 0 Å². The predicted octanol–water partition coefficient (Wildman–Crippen LogP) is 1.49. The number of rotatable bonds is 6. The van der Waals surface area contributed by atoms with Crippen molar-refractivity contribution in [3.05, 3.63) is 29.3 Å². The van der Waals surface area contributed by atoms with E-state index in [0.29, 0.717) is 19.8 Å². The Balaban J connectivity index is 2.19. The Hall–Kier alpha value is -2.12. The van der Waals surface area contributed by atoms with Crippen molar-refractivity contribution in [2.45, 2.75) is 38.1 Å². The molecule has 0 radical (unpaired) electrons. The molecule has 1 aromatic carbocycles. The van der Waals surface area contributed by atoms with Crippen molar-refractivity contribution < 1.29 is 19.1 Å². The summed E-state index contributed by atoms with van der Waals surface area (Å²) in [5.74, 6) is 0.490. The maximum atomic E-state index is 12.1. The minimum Gasteiger partial charge on any atom is -0.496 e. The molecule has 1 atom stereocenters. The van der Waals surface area contributed by atoms with Crippen LogP contribution in [-0.4, -0.2) is 51.9 Å². The number of aryl methyl sites for hydroxylation is 1. The smallest absolute Gasteiger partial charge is 0.321 e. The molecule has 26 heavy (non-hydrogen) atoms. The number of urea groups is 1. The van der Waals surface area contributed by atoms with Crippen LogP contribution in [0.4, 0.5) is 4.79 Å². The highest BCUT2D eigenvalue weighted by atomic mass is 16.5. The average Bonchev–Trinajstić information content (AvgIpc) is 2.66. The Morgan fingerprint density at radius 2 is 2.00 bits per heavy atom. The first-order chi connectivity index (χ1) is 12.4. The molecule has 0 spiro atoms. The molecule has 1 heterocycles.